The summed E-state index contributed by atoms with van der Waals surface area (Å²) in [6, 6.07) is 1.10. The van der Waals surface area contributed by atoms with Crippen molar-refractivity contribution in [2.45, 2.75) is 121 Å². The van der Waals surface area contributed by atoms with E-state index in [9.17, 15) is 24.9 Å². The van der Waals surface area contributed by atoms with Crippen LogP contribution >= 0.6 is 0 Å². The van der Waals surface area contributed by atoms with Crippen molar-refractivity contribution in [2.24, 2.45) is 0 Å². The van der Waals surface area contributed by atoms with Crippen molar-refractivity contribution in [3.8, 4) is 0 Å². The molecule has 0 radical (unpaired) electrons. The van der Waals surface area contributed by atoms with Crippen LogP contribution < -0.4 is 11.2 Å². The number of nitrogens with zero attached hydrogens (tertiary/aromatic N) is 1. The van der Waals surface area contributed by atoms with Gasteiger partial charge in [0.1, 0.15) is 12.2 Å². The molecule has 2 rings (SSSR count). The van der Waals surface area contributed by atoms with E-state index in [1.165, 1.54) is 57.8 Å². The molecule has 206 valence electrons. The average Bonchev–Trinajstić information content (AvgIpc) is 3.11. The second-order valence-corrected chi connectivity index (χ2v) is 9.67. The molecule has 9 nitrogen and oxygen atoms in total. The molecule has 0 aliphatic carbocycles. The number of aliphatic hydroxyl groups excluding tert-OH is 3. The maximum Gasteiger partial charge on any atom is 0.332 e. The van der Waals surface area contributed by atoms with Gasteiger partial charge in [0.15, 0.2) is 6.10 Å². The van der Waals surface area contributed by atoms with Crippen LogP contribution in [0.5, 0.6) is 0 Å². The van der Waals surface area contributed by atoms with Crippen LogP contribution in [0.25, 0.3) is 0 Å². The first-order valence-electron chi connectivity index (χ1n) is 13.7. The van der Waals surface area contributed by atoms with Gasteiger partial charge in [0, 0.05) is 12.3 Å². The molecule has 0 spiro atoms. The number of rotatable bonds is 19. The number of hydrogen-bond acceptors (Lipinski definition) is 7. The van der Waals surface area contributed by atoms with Gasteiger partial charge < -0.3 is 24.8 Å². The summed E-state index contributed by atoms with van der Waals surface area (Å²) in [7, 11) is 0. The Kier molecular flexibility index (Phi) is 14.3. The standard InChI is InChI=1S/C27H46N2O7/c1-2-3-4-5-6-7-8-9-10-11-12-13-14-15-16-17-20-35-27(25(33)24(32)22(21-30)36-27)29-19-18-23(31)28-26(29)34/h9-10,18-19,22,24-25,30,32-33H,2-8,11-17,20-21H2,1H3,(H,28,31,34)/t22-,24-,25-,27-/m1/s1. The monoisotopic (exact) mass is 510 g/mol. The number of allylic oxidation sites excluding steroid dienone is 2. The number of hydrogen-bond donors (Lipinski definition) is 4. The van der Waals surface area contributed by atoms with Gasteiger partial charge in [0.2, 0.25) is 0 Å². The molecule has 1 aromatic heterocycles. The maximum absolute atomic E-state index is 12.3. The van der Waals surface area contributed by atoms with Gasteiger partial charge in [-0.25, -0.2) is 9.36 Å². The van der Waals surface area contributed by atoms with Crippen LogP contribution in [0.1, 0.15) is 96.8 Å². The lowest BCUT2D eigenvalue weighted by Gasteiger charge is -2.33. The summed E-state index contributed by atoms with van der Waals surface area (Å²) in [5.41, 5.74) is -1.44. The van der Waals surface area contributed by atoms with Crippen molar-refractivity contribution in [3.63, 3.8) is 0 Å². The quantitative estimate of drug-likeness (QED) is 0.166. The number of unbranched alkanes of at least 4 members (excludes halogenated alkanes) is 12. The molecule has 0 unspecified atom stereocenters. The lowest BCUT2D eigenvalue weighted by molar-refractivity contribution is -0.318. The Morgan fingerprint density at radius 2 is 1.56 bits per heavy atom. The van der Waals surface area contributed by atoms with E-state index in [0.717, 1.165) is 42.5 Å². The Morgan fingerprint density at radius 3 is 2.11 bits per heavy atom. The molecule has 1 aromatic rings. The molecular formula is C27H46N2O7. The smallest absolute Gasteiger partial charge is 0.332 e. The van der Waals surface area contributed by atoms with Crippen molar-refractivity contribution >= 4 is 0 Å². The zero-order valence-corrected chi connectivity index (χ0v) is 21.8. The summed E-state index contributed by atoms with van der Waals surface area (Å²) >= 11 is 0. The summed E-state index contributed by atoms with van der Waals surface area (Å²) < 4.78 is 12.4. The molecule has 0 aromatic carbocycles. The highest BCUT2D eigenvalue weighted by molar-refractivity contribution is 4.97. The fourth-order valence-corrected chi connectivity index (χ4v) is 4.54. The van der Waals surface area contributed by atoms with Gasteiger partial charge in [0.25, 0.3) is 11.5 Å². The topological polar surface area (TPSA) is 134 Å². The van der Waals surface area contributed by atoms with Crippen LogP contribution in [0.3, 0.4) is 0 Å². The molecule has 0 saturated carbocycles. The summed E-state index contributed by atoms with van der Waals surface area (Å²) in [4.78, 5) is 25.9. The second kappa shape index (κ2) is 16.9. The van der Waals surface area contributed by atoms with E-state index in [4.69, 9.17) is 9.47 Å². The predicted molar refractivity (Wildman–Crippen MR) is 139 cm³/mol. The fourth-order valence-electron chi connectivity index (χ4n) is 4.54. The summed E-state index contributed by atoms with van der Waals surface area (Å²) in [5.74, 6) is -2.02. The number of aromatic nitrogens is 2. The molecule has 0 amide bonds. The highest BCUT2D eigenvalue weighted by atomic mass is 16.7. The van der Waals surface area contributed by atoms with Crippen LogP contribution in [0.4, 0.5) is 0 Å². The maximum atomic E-state index is 12.3. The predicted octanol–water partition coefficient (Wildman–Crippen LogP) is 3.31. The summed E-state index contributed by atoms with van der Waals surface area (Å²) in [6.07, 6.45) is 18.0. The Balaban J connectivity index is 1.65. The Hall–Kier alpha value is -1.78. The lowest BCUT2D eigenvalue weighted by atomic mass is 10.1. The highest BCUT2D eigenvalue weighted by Gasteiger charge is 2.57. The van der Waals surface area contributed by atoms with Gasteiger partial charge in [-0.3, -0.25) is 9.78 Å². The Bertz CT molecular complexity index is 868. The van der Waals surface area contributed by atoms with Gasteiger partial charge in [-0.2, -0.15) is 0 Å². The minimum atomic E-state index is -2.02. The van der Waals surface area contributed by atoms with Crippen LogP contribution in [-0.2, 0) is 15.4 Å². The largest absolute Gasteiger partial charge is 0.394 e. The molecule has 4 atom stereocenters. The van der Waals surface area contributed by atoms with Crippen LogP contribution in [0, 0.1) is 0 Å². The van der Waals surface area contributed by atoms with E-state index in [1.54, 1.807) is 0 Å². The number of ether oxygens (including phenoxy) is 2. The Morgan fingerprint density at radius 1 is 0.972 bits per heavy atom. The third kappa shape index (κ3) is 9.27. The van der Waals surface area contributed by atoms with Gasteiger partial charge in [0.05, 0.1) is 13.2 Å². The van der Waals surface area contributed by atoms with E-state index in [1.807, 2.05) is 0 Å². The molecule has 1 saturated heterocycles. The first kappa shape index (κ1) is 30.4. The van der Waals surface area contributed by atoms with Gasteiger partial charge in [-0.1, -0.05) is 76.9 Å². The molecule has 1 aliphatic rings. The average molecular weight is 511 g/mol. The van der Waals surface area contributed by atoms with Crippen molar-refractivity contribution in [1.82, 2.24) is 9.55 Å². The highest BCUT2D eigenvalue weighted by Crippen LogP contribution is 2.36. The zero-order chi connectivity index (χ0) is 26.2. The van der Waals surface area contributed by atoms with Gasteiger partial charge in [-0.15, -0.1) is 0 Å². The van der Waals surface area contributed by atoms with E-state index >= 15 is 0 Å². The van der Waals surface area contributed by atoms with E-state index in [2.05, 4.69) is 24.1 Å². The summed E-state index contributed by atoms with van der Waals surface area (Å²) in [5, 5.41) is 30.3. The summed E-state index contributed by atoms with van der Waals surface area (Å²) in [6.45, 7) is 1.86. The number of aliphatic hydroxyl groups is 3. The number of nitrogens with one attached hydrogen (secondary N) is 1. The normalized spacial score (nSPS) is 24.2. The molecule has 1 aliphatic heterocycles. The second-order valence-electron chi connectivity index (χ2n) is 9.67. The number of aromatic amines is 1. The van der Waals surface area contributed by atoms with E-state index in [0.29, 0.717) is 6.42 Å². The fraction of sp³-hybridized carbons (Fsp3) is 0.778. The molecule has 2 heterocycles. The minimum Gasteiger partial charge on any atom is -0.394 e. The molecule has 9 heteroatoms. The molecule has 1 fully saturated rings. The first-order valence-corrected chi connectivity index (χ1v) is 13.7. The molecule has 4 N–H and O–H groups in total. The molecular weight excluding hydrogens is 464 g/mol. The van der Waals surface area contributed by atoms with Crippen molar-refractivity contribution in [3.05, 3.63) is 45.3 Å². The van der Waals surface area contributed by atoms with Crippen LogP contribution in [0.15, 0.2) is 34.0 Å². The third-order valence-corrected chi connectivity index (χ3v) is 6.70. The van der Waals surface area contributed by atoms with E-state index in [-0.39, 0.29) is 6.61 Å². The Labute approximate surface area is 214 Å². The van der Waals surface area contributed by atoms with Crippen LogP contribution in [0.2, 0.25) is 0 Å². The SMILES string of the molecule is CCCCCCCCC=CCCCCCCCCO[C@@]1(n2ccc(=O)[nH]c2=O)O[C@H](CO)[C@@H](O)[C@H]1O. The van der Waals surface area contributed by atoms with Gasteiger partial charge in [-0.05, 0) is 32.1 Å². The third-order valence-electron chi connectivity index (χ3n) is 6.70. The van der Waals surface area contributed by atoms with Crippen molar-refractivity contribution in [1.29, 1.82) is 0 Å². The van der Waals surface area contributed by atoms with E-state index < -0.39 is 42.1 Å². The van der Waals surface area contributed by atoms with Crippen molar-refractivity contribution < 1.29 is 24.8 Å². The molecule has 0 bridgehead atoms. The zero-order valence-electron chi connectivity index (χ0n) is 21.8. The first-order chi connectivity index (χ1) is 17.5. The van der Waals surface area contributed by atoms with Crippen molar-refractivity contribution in [2.75, 3.05) is 13.2 Å². The van der Waals surface area contributed by atoms with Crippen LogP contribution in [-0.4, -0.2) is 56.4 Å². The minimum absolute atomic E-state index is 0.175. The number of H-pyrrole nitrogens is 1. The molecule has 36 heavy (non-hydrogen) atoms. The lowest BCUT2D eigenvalue weighted by Crippen LogP contribution is -2.53. The van der Waals surface area contributed by atoms with Gasteiger partial charge >= 0.3 is 5.69 Å².